The Morgan fingerprint density at radius 3 is 2.31 bits per heavy atom. The van der Waals surface area contributed by atoms with Crippen LogP contribution in [0.2, 0.25) is 0 Å². The van der Waals surface area contributed by atoms with Gasteiger partial charge < -0.3 is 5.32 Å². The standard InChI is InChI=1S/C14H19NO/c1-5-12(16)15-13(14(2,3)4)11-9-7-6-8-10-11/h5-10,13H,1H2,2-4H3,(H,15,16). The summed E-state index contributed by atoms with van der Waals surface area (Å²) in [5.41, 5.74) is 1.09. The molecule has 0 spiro atoms. The fraction of sp³-hybridized carbons (Fsp3) is 0.357. The van der Waals surface area contributed by atoms with Gasteiger partial charge in [0.25, 0.3) is 0 Å². The molecule has 0 aliphatic heterocycles. The van der Waals surface area contributed by atoms with Crippen molar-refractivity contribution in [3.05, 3.63) is 48.6 Å². The van der Waals surface area contributed by atoms with Crippen molar-refractivity contribution < 1.29 is 4.79 Å². The lowest BCUT2D eigenvalue weighted by Crippen LogP contribution is -2.35. The van der Waals surface area contributed by atoms with E-state index in [2.05, 4.69) is 32.7 Å². The predicted molar refractivity (Wildman–Crippen MR) is 67.0 cm³/mol. The Morgan fingerprint density at radius 1 is 1.31 bits per heavy atom. The molecule has 1 unspecified atom stereocenters. The van der Waals surface area contributed by atoms with E-state index in [0.717, 1.165) is 5.56 Å². The summed E-state index contributed by atoms with van der Waals surface area (Å²) in [6.07, 6.45) is 1.31. The number of amides is 1. The molecular formula is C14H19NO. The summed E-state index contributed by atoms with van der Waals surface area (Å²) >= 11 is 0. The van der Waals surface area contributed by atoms with Gasteiger partial charge in [-0.2, -0.15) is 0 Å². The van der Waals surface area contributed by atoms with Gasteiger partial charge in [0, 0.05) is 0 Å². The van der Waals surface area contributed by atoms with E-state index in [0.29, 0.717) is 0 Å². The highest BCUT2D eigenvalue weighted by atomic mass is 16.1. The first-order chi connectivity index (χ1) is 7.45. The molecule has 0 radical (unpaired) electrons. The van der Waals surface area contributed by atoms with Gasteiger partial charge in [-0.15, -0.1) is 0 Å². The highest BCUT2D eigenvalue weighted by molar-refractivity contribution is 5.87. The maximum Gasteiger partial charge on any atom is 0.243 e. The number of carbonyl (C=O) groups excluding carboxylic acids is 1. The number of carbonyl (C=O) groups is 1. The molecule has 0 saturated heterocycles. The zero-order chi connectivity index (χ0) is 12.2. The summed E-state index contributed by atoms with van der Waals surface area (Å²) in [7, 11) is 0. The molecule has 2 heteroatoms. The van der Waals surface area contributed by atoms with Crippen LogP contribution in [-0.2, 0) is 4.79 Å². The lowest BCUT2D eigenvalue weighted by Gasteiger charge is -2.31. The van der Waals surface area contributed by atoms with Crippen LogP contribution in [0.5, 0.6) is 0 Å². The van der Waals surface area contributed by atoms with Crippen LogP contribution in [0.15, 0.2) is 43.0 Å². The maximum absolute atomic E-state index is 11.4. The van der Waals surface area contributed by atoms with Crippen LogP contribution in [0.3, 0.4) is 0 Å². The average Bonchev–Trinajstić information content (AvgIpc) is 2.25. The normalized spacial score (nSPS) is 12.9. The lowest BCUT2D eigenvalue weighted by atomic mass is 9.82. The van der Waals surface area contributed by atoms with Crippen LogP contribution < -0.4 is 5.32 Å². The van der Waals surface area contributed by atoms with E-state index in [1.165, 1.54) is 6.08 Å². The summed E-state index contributed by atoms with van der Waals surface area (Å²) in [6.45, 7) is 9.79. The summed E-state index contributed by atoms with van der Waals surface area (Å²) in [5.74, 6) is -0.135. The molecule has 1 aromatic rings. The molecule has 86 valence electrons. The second-order valence-corrected chi connectivity index (χ2v) is 4.92. The third-order valence-corrected chi connectivity index (χ3v) is 2.47. The molecule has 16 heavy (non-hydrogen) atoms. The lowest BCUT2D eigenvalue weighted by molar-refractivity contribution is -0.118. The first-order valence-corrected chi connectivity index (χ1v) is 5.43. The van der Waals surface area contributed by atoms with Gasteiger partial charge >= 0.3 is 0 Å². The van der Waals surface area contributed by atoms with Crippen LogP contribution in [0.25, 0.3) is 0 Å². The Hall–Kier alpha value is -1.57. The largest absolute Gasteiger partial charge is 0.345 e. The molecule has 0 aromatic heterocycles. The minimum absolute atomic E-state index is 0.000741. The third kappa shape index (κ3) is 3.23. The Kier molecular flexibility index (Phi) is 3.88. The van der Waals surface area contributed by atoms with E-state index in [-0.39, 0.29) is 17.4 Å². The molecular weight excluding hydrogens is 198 g/mol. The van der Waals surface area contributed by atoms with Crippen molar-refractivity contribution in [3.8, 4) is 0 Å². The molecule has 0 aliphatic rings. The van der Waals surface area contributed by atoms with E-state index < -0.39 is 0 Å². The monoisotopic (exact) mass is 217 g/mol. The molecule has 0 heterocycles. The minimum atomic E-state index is -0.135. The molecule has 0 fully saturated rings. The van der Waals surface area contributed by atoms with Crippen LogP contribution in [0.4, 0.5) is 0 Å². The first kappa shape index (κ1) is 12.5. The zero-order valence-electron chi connectivity index (χ0n) is 10.2. The van der Waals surface area contributed by atoms with Crippen molar-refractivity contribution >= 4 is 5.91 Å². The van der Waals surface area contributed by atoms with Gasteiger partial charge in [-0.1, -0.05) is 57.7 Å². The van der Waals surface area contributed by atoms with Crippen LogP contribution >= 0.6 is 0 Å². The Bertz CT molecular complexity index is 362. The van der Waals surface area contributed by atoms with Crippen LogP contribution in [0, 0.1) is 5.41 Å². The Morgan fingerprint density at radius 2 is 1.88 bits per heavy atom. The Labute approximate surface area is 97.4 Å². The summed E-state index contributed by atoms with van der Waals surface area (Å²) in [6, 6.07) is 9.98. The van der Waals surface area contributed by atoms with E-state index in [4.69, 9.17) is 0 Å². The molecule has 1 rings (SSSR count). The second kappa shape index (κ2) is 4.97. The van der Waals surface area contributed by atoms with E-state index >= 15 is 0 Å². The highest BCUT2D eigenvalue weighted by Crippen LogP contribution is 2.32. The van der Waals surface area contributed by atoms with Gasteiger partial charge in [0.1, 0.15) is 0 Å². The van der Waals surface area contributed by atoms with Gasteiger partial charge in [0.05, 0.1) is 6.04 Å². The average molecular weight is 217 g/mol. The fourth-order valence-electron chi connectivity index (χ4n) is 1.65. The topological polar surface area (TPSA) is 29.1 Å². The molecule has 1 amide bonds. The number of benzene rings is 1. The number of hydrogen-bond donors (Lipinski definition) is 1. The highest BCUT2D eigenvalue weighted by Gasteiger charge is 2.26. The minimum Gasteiger partial charge on any atom is -0.345 e. The fourth-order valence-corrected chi connectivity index (χ4v) is 1.65. The smallest absolute Gasteiger partial charge is 0.243 e. The third-order valence-electron chi connectivity index (χ3n) is 2.47. The van der Waals surface area contributed by atoms with Gasteiger partial charge in [0.2, 0.25) is 5.91 Å². The maximum atomic E-state index is 11.4. The molecule has 1 aromatic carbocycles. The van der Waals surface area contributed by atoms with E-state index in [1.807, 2.05) is 30.3 Å². The molecule has 0 saturated carbocycles. The summed E-state index contributed by atoms with van der Waals surface area (Å²) in [4.78, 5) is 11.4. The molecule has 0 bridgehead atoms. The zero-order valence-corrected chi connectivity index (χ0v) is 10.2. The van der Waals surface area contributed by atoms with E-state index in [9.17, 15) is 4.79 Å². The first-order valence-electron chi connectivity index (χ1n) is 5.43. The summed E-state index contributed by atoms with van der Waals surface area (Å²) in [5, 5.41) is 2.97. The number of rotatable bonds is 3. The number of nitrogens with one attached hydrogen (secondary N) is 1. The number of hydrogen-bond acceptors (Lipinski definition) is 1. The van der Waals surface area contributed by atoms with Crippen molar-refractivity contribution in [2.24, 2.45) is 5.41 Å². The van der Waals surface area contributed by atoms with Crippen molar-refractivity contribution in [3.63, 3.8) is 0 Å². The molecule has 1 atom stereocenters. The van der Waals surface area contributed by atoms with Gasteiger partial charge in [0.15, 0.2) is 0 Å². The summed E-state index contributed by atoms with van der Waals surface area (Å²) < 4.78 is 0. The molecule has 0 aliphatic carbocycles. The van der Waals surface area contributed by atoms with Crippen molar-refractivity contribution in [2.75, 3.05) is 0 Å². The SMILES string of the molecule is C=CC(=O)NC(c1ccccc1)C(C)(C)C. The predicted octanol–water partition coefficient (Wildman–Crippen LogP) is 3.08. The van der Waals surface area contributed by atoms with Crippen molar-refractivity contribution in [2.45, 2.75) is 26.8 Å². The van der Waals surface area contributed by atoms with Gasteiger partial charge in [-0.3, -0.25) is 4.79 Å². The van der Waals surface area contributed by atoms with Gasteiger partial charge in [-0.25, -0.2) is 0 Å². The van der Waals surface area contributed by atoms with Crippen molar-refractivity contribution in [1.29, 1.82) is 0 Å². The van der Waals surface area contributed by atoms with E-state index in [1.54, 1.807) is 0 Å². The Balaban J connectivity index is 2.97. The van der Waals surface area contributed by atoms with Crippen LogP contribution in [0.1, 0.15) is 32.4 Å². The molecule has 2 nitrogen and oxygen atoms in total. The molecule has 1 N–H and O–H groups in total. The van der Waals surface area contributed by atoms with Gasteiger partial charge in [-0.05, 0) is 17.1 Å². The quantitative estimate of drug-likeness (QED) is 0.774. The van der Waals surface area contributed by atoms with Crippen LogP contribution in [-0.4, -0.2) is 5.91 Å². The van der Waals surface area contributed by atoms with Crippen molar-refractivity contribution in [1.82, 2.24) is 5.32 Å². The second-order valence-electron chi connectivity index (χ2n) is 4.92.